The van der Waals surface area contributed by atoms with Crippen molar-refractivity contribution in [2.24, 2.45) is 11.7 Å². The molecule has 0 spiro atoms. The molecule has 0 saturated heterocycles. The highest BCUT2D eigenvalue weighted by molar-refractivity contribution is 7.18. The minimum absolute atomic E-state index is 0.160. The molecule has 3 nitrogen and oxygen atoms in total. The van der Waals surface area contributed by atoms with E-state index in [9.17, 15) is 0 Å². The average molecular weight is 249 g/mol. The Morgan fingerprint density at radius 2 is 2.00 bits per heavy atom. The molecule has 2 aromatic rings. The van der Waals surface area contributed by atoms with Gasteiger partial charge in [-0.1, -0.05) is 13.8 Å². The summed E-state index contributed by atoms with van der Waals surface area (Å²) in [6, 6.07) is 0.160. The number of thiophene rings is 1. The van der Waals surface area contributed by atoms with E-state index in [1.54, 1.807) is 17.7 Å². The maximum Gasteiger partial charge on any atom is 0.127 e. The van der Waals surface area contributed by atoms with E-state index in [1.807, 2.05) is 0 Å². The predicted molar refractivity (Wildman–Crippen MR) is 73.4 cm³/mol. The molecule has 4 heteroatoms. The van der Waals surface area contributed by atoms with Crippen LogP contribution < -0.4 is 5.73 Å². The predicted octanol–water partition coefficient (Wildman–Crippen LogP) is 2.83. The maximum absolute atomic E-state index is 6.14. The Morgan fingerprint density at radius 3 is 2.65 bits per heavy atom. The average Bonchev–Trinajstić information content (AvgIpc) is 2.56. The highest BCUT2D eigenvalue weighted by Crippen LogP contribution is 2.30. The lowest BCUT2D eigenvalue weighted by Gasteiger charge is -2.15. The van der Waals surface area contributed by atoms with E-state index in [0.29, 0.717) is 5.92 Å². The zero-order chi connectivity index (χ0) is 12.6. The van der Waals surface area contributed by atoms with Crippen molar-refractivity contribution in [2.75, 3.05) is 0 Å². The Balaban J connectivity index is 2.47. The summed E-state index contributed by atoms with van der Waals surface area (Å²) in [5.41, 5.74) is 8.54. The normalized spacial score (nSPS) is 13.5. The Labute approximate surface area is 106 Å². The van der Waals surface area contributed by atoms with Crippen molar-refractivity contribution in [1.29, 1.82) is 0 Å². The summed E-state index contributed by atoms with van der Waals surface area (Å²) in [6.07, 6.45) is 2.48. The van der Waals surface area contributed by atoms with Crippen LogP contribution in [-0.4, -0.2) is 16.0 Å². The van der Waals surface area contributed by atoms with Crippen LogP contribution in [0.2, 0.25) is 0 Å². The highest BCUT2D eigenvalue weighted by atomic mass is 32.1. The van der Waals surface area contributed by atoms with Crippen LogP contribution in [0.1, 0.15) is 30.0 Å². The summed E-state index contributed by atoms with van der Waals surface area (Å²) < 4.78 is 0. The van der Waals surface area contributed by atoms with Crippen LogP contribution in [0.25, 0.3) is 10.2 Å². The molecule has 2 heterocycles. The third-order valence-electron chi connectivity index (χ3n) is 3.33. The third-order valence-corrected chi connectivity index (χ3v) is 4.44. The number of hydrogen-bond donors (Lipinski definition) is 1. The molecule has 2 aromatic heterocycles. The van der Waals surface area contributed by atoms with Gasteiger partial charge in [-0.3, -0.25) is 0 Å². The number of nitrogens with two attached hydrogens (primary N) is 1. The van der Waals surface area contributed by atoms with Gasteiger partial charge in [0.15, 0.2) is 0 Å². The molecule has 0 fully saturated rings. The second-order valence-electron chi connectivity index (χ2n) is 4.90. The molecule has 92 valence electrons. The molecule has 0 radical (unpaired) electrons. The summed E-state index contributed by atoms with van der Waals surface area (Å²) in [6.45, 7) is 8.57. The van der Waals surface area contributed by atoms with Gasteiger partial charge < -0.3 is 5.73 Å². The smallest absolute Gasteiger partial charge is 0.127 e. The molecule has 17 heavy (non-hydrogen) atoms. The van der Waals surface area contributed by atoms with Gasteiger partial charge in [-0.05, 0) is 25.3 Å². The second kappa shape index (κ2) is 4.70. The van der Waals surface area contributed by atoms with Gasteiger partial charge in [0.1, 0.15) is 11.2 Å². The van der Waals surface area contributed by atoms with Crippen LogP contribution in [-0.2, 0) is 6.42 Å². The number of aromatic nitrogens is 2. The zero-order valence-corrected chi connectivity index (χ0v) is 11.6. The van der Waals surface area contributed by atoms with E-state index in [2.05, 4.69) is 37.7 Å². The number of hydrogen-bond acceptors (Lipinski definition) is 4. The van der Waals surface area contributed by atoms with Crippen LogP contribution in [0.4, 0.5) is 0 Å². The minimum atomic E-state index is 0.160. The molecule has 0 aliphatic heterocycles. The summed E-state index contributed by atoms with van der Waals surface area (Å²) >= 11 is 1.74. The number of nitrogens with zero attached hydrogens (tertiary/aromatic N) is 2. The van der Waals surface area contributed by atoms with E-state index >= 15 is 0 Å². The first-order valence-electron chi connectivity index (χ1n) is 5.96. The molecule has 0 aliphatic carbocycles. The zero-order valence-electron chi connectivity index (χ0n) is 10.8. The lowest BCUT2D eigenvalue weighted by molar-refractivity contribution is 0.487. The Bertz CT molecular complexity index is 531. The molecule has 0 saturated carbocycles. The first kappa shape index (κ1) is 12.5. The summed E-state index contributed by atoms with van der Waals surface area (Å²) in [4.78, 5) is 11.2. The van der Waals surface area contributed by atoms with Crippen molar-refractivity contribution < 1.29 is 0 Å². The van der Waals surface area contributed by atoms with Gasteiger partial charge in [0.05, 0.1) is 5.69 Å². The summed E-state index contributed by atoms with van der Waals surface area (Å²) in [5.74, 6) is 0.472. The monoisotopic (exact) mass is 249 g/mol. The molecule has 0 amide bonds. The van der Waals surface area contributed by atoms with Crippen molar-refractivity contribution in [2.45, 2.75) is 40.2 Å². The van der Waals surface area contributed by atoms with Crippen molar-refractivity contribution in [3.63, 3.8) is 0 Å². The van der Waals surface area contributed by atoms with Crippen LogP contribution >= 0.6 is 11.3 Å². The van der Waals surface area contributed by atoms with E-state index in [-0.39, 0.29) is 6.04 Å². The van der Waals surface area contributed by atoms with Gasteiger partial charge in [0, 0.05) is 22.7 Å². The van der Waals surface area contributed by atoms with Crippen molar-refractivity contribution >= 4 is 21.6 Å². The fraction of sp³-hybridized carbons (Fsp3) is 0.538. The van der Waals surface area contributed by atoms with Gasteiger partial charge in [0.2, 0.25) is 0 Å². The molecule has 2 N–H and O–H groups in total. The SMILES string of the molecule is Cc1sc2ncnc(CC(N)C(C)C)c2c1C. The molecule has 1 unspecified atom stereocenters. The Morgan fingerprint density at radius 1 is 1.29 bits per heavy atom. The van der Waals surface area contributed by atoms with E-state index in [4.69, 9.17) is 5.73 Å². The molecule has 0 bridgehead atoms. The van der Waals surface area contributed by atoms with Gasteiger partial charge in [0.25, 0.3) is 0 Å². The van der Waals surface area contributed by atoms with Crippen LogP contribution in [0.15, 0.2) is 6.33 Å². The van der Waals surface area contributed by atoms with Gasteiger partial charge in [-0.25, -0.2) is 9.97 Å². The van der Waals surface area contributed by atoms with E-state index in [1.165, 1.54) is 15.8 Å². The van der Waals surface area contributed by atoms with Gasteiger partial charge in [-0.15, -0.1) is 11.3 Å². The number of fused-ring (bicyclic) bond motifs is 1. The minimum Gasteiger partial charge on any atom is -0.327 e. The van der Waals surface area contributed by atoms with Crippen molar-refractivity contribution in [1.82, 2.24) is 9.97 Å². The molecule has 2 rings (SSSR count). The quantitative estimate of drug-likeness (QED) is 0.910. The molecule has 1 atom stereocenters. The first-order chi connectivity index (χ1) is 8.00. The lowest BCUT2D eigenvalue weighted by atomic mass is 9.98. The molecular weight excluding hydrogens is 230 g/mol. The molecule has 0 aliphatic rings. The Kier molecular flexibility index (Phi) is 3.45. The fourth-order valence-corrected chi connectivity index (χ4v) is 2.89. The number of rotatable bonds is 3. The van der Waals surface area contributed by atoms with Crippen LogP contribution in [0.5, 0.6) is 0 Å². The Hall–Kier alpha value is -1.00. The topological polar surface area (TPSA) is 51.8 Å². The van der Waals surface area contributed by atoms with Crippen molar-refractivity contribution in [3.05, 3.63) is 22.5 Å². The molecule has 0 aromatic carbocycles. The molecular formula is C13H19N3S. The van der Waals surface area contributed by atoms with Crippen LogP contribution in [0.3, 0.4) is 0 Å². The van der Waals surface area contributed by atoms with Gasteiger partial charge in [-0.2, -0.15) is 0 Å². The maximum atomic E-state index is 6.14. The fourth-order valence-electron chi connectivity index (χ4n) is 1.87. The lowest BCUT2D eigenvalue weighted by Crippen LogP contribution is -2.29. The first-order valence-corrected chi connectivity index (χ1v) is 6.77. The third kappa shape index (κ3) is 2.33. The van der Waals surface area contributed by atoms with Crippen molar-refractivity contribution in [3.8, 4) is 0 Å². The standard InChI is InChI=1S/C13H19N3S/c1-7(2)10(14)5-11-12-8(3)9(4)17-13(12)16-6-15-11/h6-7,10H,5,14H2,1-4H3. The van der Waals surface area contributed by atoms with E-state index in [0.717, 1.165) is 16.9 Å². The highest BCUT2D eigenvalue weighted by Gasteiger charge is 2.15. The van der Waals surface area contributed by atoms with Gasteiger partial charge >= 0.3 is 0 Å². The second-order valence-corrected chi connectivity index (χ2v) is 6.10. The van der Waals surface area contributed by atoms with E-state index < -0.39 is 0 Å². The summed E-state index contributed by atoms with van der Waals surface area (Å²) in [5, 5.41) is 1.21. The largest absolute Gasteiger partial charge is 0.327 e. The van der Waals surface area contributed by atoms with Crippen LogP contribution in [0, 0.1) is 19.8 Å². The number of aryl methyl sites for hydroxylation is 2. The summed E-state index contributed by atoms with van der Waals surface area (Å²) in [7, 11) is 0.